The normalized spacial score (nSPS) is 30.4. The van der Waals surface area contributed by atoms with Gasteiger partial charge in [0.05, 0.1) is 0 Å². The standard InChI is InChI=1S/C18H36O3/c1-10-16(5,6)17(7,8)20-21-18(19-9)12-14(2)11-15(3,4)13-18/h14H,10-13H2,1-9H3. The van der Waals surface area contributed by atoms with Gasteiger partial charge >= 0.3 is 0 Å². The highest BCUT2D eigenvalue weighted by Gasteiger charge is 2.47. The number of rotatable bonds is 6. The molecule has 1 fully saturated rings. The maximum atomic E-state index is 5.96. The van der Waals surface area contributed by atoms with Crippen molar-refractivity contribution < 1.29 is 14.5 Å². The second-order valence-corrected chi connectivity index (χ2v) is 8.88. The van der Waals surface area contributed by atoms with Crippen LogP contribution in [0.3, 0.4) is 0 Å². The summed E-state index contributed by atoms with van der Waals surface area (Å²) in [5.41, 5.74) is -0.114. The van der Waals surface area contributed by atoms with Crippen LogP contribution in [0, 0.1) is 16.7 Å². The zero-order valence-corrected chi connectivity index (χ0v) is 15.6. The molecule has 0 bridgehead atoms. The molecule has 2 atom stereocenters. The molecule has 3 nitrogen and oxygen atoms in total. The predicted molar refractivity (Wildman–Crippen MR) is 86.9 cm³/mol. The molecule has 1 aliphatic carbocycles. The quantitative estimate of drug-likeness (QED) is 0.376. The molecule has 0 amide bonds. The van der Waals surface area contributed by atoms with Crippen LogP contribution in [0.2, 0.25) is 0 Å². The van der Waals surface area contributed by atoms with Gasteiger partial charge in [-0.15, -0.1) is 0 Å². The van der Waals surface area contributed by atoms with Gasteiger partial charge in [0.2, 0.25) is 5.79 Å². The van der Waals surface area contributed by atoms with Gasteiger partial charge in [0.25, 0.3) is 0 Å². The van der Waals surface area contributed by atoms with Crippen LogP contribution in [-0.4, -0.2) is 18.5 Å². The van der Waals surface area contributed by atoms with Crippen LogP contribution in [0.4, 0.5) is 0 Å². The molecule has 2 unspecified atom stereocenters. The van der Waals surface area contributed by atoms with Crippen LogP contribution in [0.15, 0.2) is 0 Å². The van der Waals surface area contributed by atoms with E-state index in [1.165, 1.54) is 6.42 Å². The monoisotopic (exact) mass is 300 g/mol. The molecule has 0 spiro atoms. The molecule has 126 valence electrons. The average Bonchev–Trinajstić information content (AvgIpc) is 2.34. The fourth-order valence-electron chi connectivity index (χ4n) is 3.39. The Labute approximate surface area is 131 Å². The summed E-state index contributed by atoms with van der Waals surface area (Å²) in [5, 5.41) is 0. The lowest BCUT2D eigenvalue weighted by Gasteiger charge is -2.47. The van der Waals surface area contributed by atoms with Crippen molar-refractivity contribution in [1.82, 2.24) is 0 Å². The summed E-state index contributed by atoms with van der Waals surface area (Å²) in [6.45, 7) is 17.6. The number of methoxy groups -OCH3 is 1. The third-order valence-electron chi connectivity index (χ3n) is 5.60. The minimum Gasteiger partial charge on any atom is -0.351 e. The summed E-state index contributed by atoms with van der Waals surface area (Å²) in [6.07, 6.45) is 3.98. The highest BCUT2D eigenvalue weighted by molar-refractivity contribution is 4.89. The molecule has 0 aliphatic heterocycles. The lowest BCUT2D eigenvalue weighted by Crippen LogP contribution is -2.49. The molecule has 0 radical (unpaired) electrons. The Bertz CT molecular complexity index is 346. The van der Waals surface area contributed by atoms with Crippen LogP contribution in [-0.2, 0) is 14.5 Å². The molecular weight excluding hydrogens is 264 g/mol. The van der Waals surface area contributed by atoms with E-state index in [0.29, 0.717) is 5.92 Å². The Morgan fingerprint density at radius 1 is 1.10 bits per heavy atom. The molecule has 0 aromatic heterocycles. The summed E-state index contributed by atoms with van der Waals surface area (Å²) in [4.78, 5) is 11.9. The first kappa shape index (κ1) is 18.9. The van der Waals surface area contributed by atoms with E-state index in [2.05, 4.69) is 55.4 Å². The van der Waals surface area contributed by atoms with Crippen molar-refractivity contribution in [3.63, 3.8) is 0 Å². The minimum absolute atomic E-state index is 0.0394. The average molecular weight is 300 g/mol. The Balaban J connectivity index is 2.83. The smallest absolute Gasteiger partial charge is 0.202 e. The van der Waals surface area contributed by atoms with Gasteiger partial charge in [0.15, 0.2) is 0 Å². The molecule has 3 heteroatoms. The predicted octanol–water partition coefficient (Wildman–Crippen LogP) is 5.34. The van der Waals surface area contributed by atoms with E-state index in [1.54, 1.807) is 7.11 Å². The van der Waals surface area contributed by atoms with Gasteiger partial charge in [-0.25, -0.2) is 9.78 Å². The van der Waals surface area contributed by atoms with E-state index in [1.807, 2.05) is 0 Å². The number of ether oxygens (including phenoxy) is 1. The maximum absolute atomic E-state index is 5.96. The first-order valence-electron chi connectivity index (χ1n) is 8.31. The second-order valence-electron chi connectivity index (χ2n) is 8.88. The van der Waals surface area contributed by atoms with E-state index in [0.717, 1.165) is 19.3 Å². The fraction of sp³-hybridized carbons (Fsp3) is 1.00. The van der Waals surface area contributed by atoms with Gasteiger partial charge in [-0.3, -0.25) is 0 Å². The largest absolute Gasteiger partial charge is 0.351 e. The molecule has 0 aromatic rings. The minimum atomic E-state index is -0.623. The van der Waals surface area contributed by atoms with E-state index >= 15 is 0 Å². The summed E-state index contributed by atoms with van der Waals surface area (Å²) in [7, 11) is 1.73. The Morgan fingerprint density at radius 2 is 1.67 bits per heavy atom. The van der Waals surface area contributed by atoms with Crippen molar-refractivity contribution in [1.29, 1.82) is 0 Å². The highest BCUT2D eigenvalue weighted by atomic mass is 17.2. The third-order valence-corrected chi connectivity index (χ3v) is 5.60. The van der Waals surface area contributed by atoms with Gasteiger partial charge in [0.1, 0.15) is 5.60 Å². The van der Waals surface area contributed by atoms with Crippen molar-refractivity contribution in [2.75, 3.05) is 7.11 Å². The van der Waals surface area contributed by atoms with Gasteiger partial charge in [-0.05, 0) is 43.4 Å². The second kappa shape index (κ2) is 6.17. The van der Waals surface area contributed by atoms with Crippen LogP contribution < -0.4 is 0 Å². The Hall–Kier alpha value is -0.120. The van der Waals surface area contributed by atoms with E-state index in [4.69, 9.17) is 14.5 Å². The summed E-state index contributed by atoms with van der Waals surface area (Å²) < 4.78 is 5.78. The van der Waals surface area contributed by atoms with Crippen molar-refractivity contribution in [2.45, 2.75) is 92.5 Å². The zero-order valence-electron chi connectivity index (χ0n) is 15.6. The van der Waals surface area contributed by atoms with Gasteiger partial charge in [0, 0.05) is 20.0 Å². The van der Waals surface area contributed by atoms with Crippen molar-refractivity contribution in [3.05, 3.63) is 0 Å². The molecule has 1 rings (SSSR count). The number of hydrogen-bond donors (Lipinski definition) is 0. The Morgan fingerprint density at radius 3 is 2.10 bits per heavy atom. The number of hydrogen-bond acceptors (Lipinski definition) is 3. The van der Waals surface area contributed by atoms with Crippen LogP contribution in [0.5, 0.6) is 0 Å². The topological polar surface area (TPSA) is 27.7 Å². The van der Waals surface area contributed by atoms with Gasteiger partial charge < -0.3 is 4.74 Å². The lowest BCUT2D eigenvalue weighted by molar-refractivity contribution is -0.480. The van der Waals surface area contributed by atoms with E-state index in [-0.39, 0.29) is 16.4 Å². The zero-order chi connectivity index (χ0) is 16.5. The van der Waals surface area contributed by atoms with Crippen LogP contribution >= 0.6 is 0 Å². The van der Waals surface area contributed by atoms with Gasteiger partial charge in [-0.2, -0.15) is 0 Å². The fourth-order valence-corrected chi connectivity index (χ4v) is 3.39. The molecule has 1 aliphatic rings. The van der Waals surface area contributed by atoms with Gasteiger partial charge in [-0.1, -0.05) is 41.5 Å². The van der Waals surface area contributed by atoms with Crippen molar-refractivity contribution >= 4 is 0 Å². The third kappa shape index (κ3) is 4.43. The van der Waals surface area contributed by atoms with Crippen LogP contribution in [0.1, 0.15) is 81.1 Å². The summed E-state index contributed by atoms with van der Waals surface area (Å²) in [5.74, 6) is -0.0537. The molecule has 0 heterocycles. The molecule has 0 saturated heterocycles. The molecule has 0 aromatic carbocycles. The molecular formula is C18H36O3. The molecule has 21 heavy (non-hydrogen) atoms. The summed E-state index contributed by atoms with van der Waals surface area (Å²) in [6, 6.07) is 0. The maximum Gasteiger partial charge on any atom is 0.202 e. The molecule has 1 saturated carbocycles. The SMILES string of the molecule is CCC(C)(C)C(C)(C)OOC1(OC)CC(C)CC(C)(C)C1. The first-order valence-corrected chi connectivity index (χ1v) is 8.31. The highest BCUT2D eigenvalue weighted by Crippen LogP contribution is 2.47. The van der Waals surface area contributed by atoms with E-state index < -0.39 is 5.79 Å². The summed E-state index contributed by atoms with van der Waals surface area (Å²) >= 11 is 0. The van der Waals surface area contributed by atoms with Crippen LogP contribution in [0.25, 0.3) is 0 Å². The van der Waals surface area contributed by atoms with Crippen molar-refractivity contribution in [2.24, 2.45) is 16.7 Å². The first-order chi connectivity index (χ1) is 9.39. The lowest BCUT2D eigenvalue weighted by atomic mass is 9.70. The van der Waals surface area contributed by atoms with Crippen molar-refractivity contribution in [3.8, 4) is 0 Å². The van der Waals surface area contributed by atoms with E-state index in [9.17, 15) is 0 Å². The molecule has 0 N–H and O–H groups in total. The Kier molecular flexibility index (Phi) is 5.56.